The van der Waals surface area contributed by atoms with Crippen LogP contribution in [0.4, 0.5) is 22.0 Å². The SMILES string of the molecule is CC(C)n1nc(C(F)(F)F)c(CS(=O)(=O)C2=NOC(C)(C)C2)c1OCC(F)F. The topological polar surface area (TPSA) is 82.8 Å². The molecule has 0 aliphatic carbocycles. The fourth-order valence-corrected chi connectivity index (χ4v) is 4.02. The van der Waals surface area contributed by atoms with Gasteiger partial charge in [-0.2, -0.15) is 18.3 Å². The Balaban J connectivity index is 2.53. The summed E-state index contributed by atoms with van der Waals surface area (Å²) < 4.78 is 96.3. The van der Waals surface area contributed by atoms with Gasteiger partial charge in [0.15, 0.2) is 27.2 Å². The summed E-state index contributed by atoms with van der Waals surface area (Å²) in [5.41, 5.74) is -3.27. The smallest absolute Gasteiger partial charge is 0.435 e. The van der Waals surface area contributed by atoms with Gasteiger partial charge < -0.3 is 9.57 Å². The van der Waals surface area contributed by atoms with E-state index in [0.29, 0.717) is 0 Å². The van der Waals surface area contributed by atoms with Crippen molar-refractivity contribution in [3.05, 3.63) is 11.3 Å². The van der Waals surface area contributed by atoms with Gasteiger partial charge in [-0.3, -0.25) is 0 Å². The van der Waals surface area contributed by atoms with Gasteiger partial charge in [-0.15, -0.1) is 0 Å². The second kappa shape index (κ2) is 7.48. The van der Waals surface area contributed by atoms with E-state index in [4.69, 9.17) is 9.57 Å². The molecule has 0 spiro atoms. The van der Waals surface area contributed by atoms with Crippen LogP contribution in [-0.2, 0) is 26.6 Å². The number of sulfone groups is 1. The standard InChI is InChI=1S/C15H20F5N3O4S/c1-8(2)23-13(26-6-10(16)17)9(12(21-23)15(18,19)20)7-28(24,25)11-5-14(3,4)27-22-11/h8,10H,5-7H2,1-4H3. The highest BCUT2D eigenvalue weighted by Crippen LogP contribution is 2.39. The van der Waals surface area contributed by atoms with Gasteiger partial charge in [0, 0.05) is 6.42 Å². The first-order valence-electron chi connectivity index (χ1n) is 8.21. The molecule has 1 aliphatic rings. The van der Waals surface area contributed by atoms with Crippen molar-refractivity contribution < 1.29 is 39.9 Å². The van der Waals surface area contributed by atoms with E-state index in [9.17, 15) is 30.4 Å². The number of hydrogen-bond acceptors (Lipinski definition) is 6. The molecule has 2 rings (SSSR count). The molecule has 0 atom stereocenters. The van der Waals surface area contributed by atoms with Crippen molar-refractivity contribution in [2.75, 3.05) is 6.61 Å². The molecule has 0 fully saturated rings. The van der Waals surface area contributed by atoms with Crippen molar-refractivity contribution in [2.24, 2.45) is 5.16 Å². The van der Waals surface area contributed by atoms with Crippen molar-refractivity contribution in [2.45, 2.75) is 64.1 Å². The van der Waals surface area contributed by atoms with Crippen LogP contribution in [0.2, 0.25) is 0 Å². The third-order valence-corrected chi connectivity index (χ3v) is 5.33. The molecular weight excluding hydrogens is 413 g/mol. The quantitative estimate of drug-likeness (QED) is 0.641. The van der Waals surface area contributed by atoms with Gasteiger partial charge in [-0.1, -0.05) is 5.16 Å². The zero-order chi connectivity index (χ0) is 21.5. The van der Waals surface area contributed by atoms with E-state index in [0.717, 1.165) is 4.68 Å². The molecule has 0 unspecified atom stereocenters. The average molecular weight is 433 g/mol. The molecule has 0 saturated heterocycles. The number of oxime groups is 1. The summed E-state index contributed by atoms with van der Waals surface area (Å²) in [5.74, 6) is -1.82. The highest BCUT2D eigenvalue weighted by atomic mass is 32.2. The highest BCUT2D eigenvalue weighted by molar-refractivity contribution is 8.05. The second-order valence-corrected chi connectivity index (χ2v) is 9.13. The Morgan fingerprint density at radius 3 is 2.32 bits per heavy atom. The minimum atomic E-state index is -5.01. The molecule has 0 saturated carbocycles. The molecule has 0 N–H and O–H groups in total. The van der Waals surface area contributed by atoms with Crippen molar-refractivity contribution >= 4 is 14.9 Å². The lowest BCUT2D eigenvalue weighted by atomic mass is 10.1. The Morgan fingerprint density at radius 1 is 1.29 bits per heavy atom. The molecule has 7 nitrogen and oxygen atoms in total. The Bertz CT molecular complexity index is 860. The lowest BCUT2D eigenvalue weighted by Crippen LogP contribution is -2.24. The van der Waals surface area contributed by atoms with E-state index in [1.807, 2.05) is 0 Å². The maximum absolute atomic E-state index is 13.5. The van der Waals surface area contributed by atoms with Gasteiger partial charge >= 0.3 is 6.18 Å². The number of rotatable bonds is 6. The first-order valence-corrected chi connectivity index (χ1v) is 9.86. The van der Waals surface area contributed by atoms with Crippen LogP contribution in [-0.4, -0.2) is 41.9 Å². The summed E-state index contributed by atoms with van der Waals surface area (Å²) in [7, 11) is -4.34. The molecule has 0 aromatic carbocycles. The molecule has 13 heteroatoms. The predicted octanol–water partition coefficient (Wildman–Crippen LogP) is 3.55. The molecule has 1 aromatic rings. The van der Waals surface area contributed by atoms with E-state index in [-0.39, 0.29) is 6.42 Å². The van der Waals surface area contributed by atoms with E-state index >= 15 is 0 Å². The van der Waals surface area contributed by atoms with Gasteiger partial charge in [0.25, 0.3) is 6.43 Å². The first-order chi connectivity index (χ1) is 12.6. The summed E-state index contributed by atoms with van der Waals surface area (Å²) in [6, 6.07) is -0.698. The molecule has 2 heterocycles. The Hall–Kier alpha value is -1.92. The Labute approximate surface area is 158 Å². The van der Waals surface area contributed by atoms with Crippen LogP contribution in [0.3, 0.4) is 0 Å². The third kappa shape index (κ3) is 4.92. The maximum atomic E-state index is 13.5. The lowest BCUT2D eigenvalue weighted by molar-refractivity contribution is -0.142. The fourth-order valence-electron chi connectivity index (χ4n) is 2.50. The van der Waals surface area contributed by atoms with Gasteiger partial charge in [-0.05, 0) is 27.7 Å². The van der Waals surface area contributed by atoms with Crippen LogP contribution in [0.25, 0.3) is 0 Å². The molecule has 28 heavy (non-hydrogen) atoms. The number of hydrogen-bond donors (Lipinski definition) is 0. The Kier molecular flexibility index (Phi) is 5.98. The first kappa shape index (κ1) is 22.4. The van der Waals surface area contributed by atoms with Crippen molar-refractivity contribution in [1.82, 2.24) is 9.78 Å². The average Bonchev–Trinajstić information content (AvgIpc) is 3.05. The fraction of sp³-hybridized carbons (Fsp3) is 0.733. The van der Waals surface area contributed by atoms with Gasteiger partial charge in [-0.25, -0.2) is 21.9 Å². The number of nitrogens with zero attached hydrogens (tertiary/aromatic N) is 3. The number of ether oxygens (including phenoxy) is 1. The van der Waals surface area contributed by atoms with Crippen LogP contribution in [0.1, 0.15) is 51.4 Å². The molecule has 1 aromatic heterocycles. The lowest BCUT2D eigenvalue weighted by Gasteiger charge is -2.14. The monoisotopic (exact) mass is 433 g/mol. The predicted molar refractivity (Wildman–Crippen MR) is 89.0 cm³/mol. The van der Waals surface area contributed by atoms with E-state index in [1.54, 1.807) is 13.8 Å². The summed E-state index contributed by atoms with van der Waals surface area (Å²) in [6.07, 6.45) is -8.12. The molecule has 0 bridgehead atoms. The number of halogens is 5. The summed E-state index contributed by atoms with van der Waals surface area (Å²) >= 11 is 0. The van der Waals surface area contributed by atoms with E-state index < -0.39 is 68.6 Å². The number of alkyl halides is 5. The summed E-state index contributed by atoms with van der Waals surface area (Å²) in [6.45, 7) is 4.83. The third-order valence-electron chi connectivity index (χ3n) is 3.73. The maximum Gasteiger partial charge on any atom is 0.435 e. The zero-order valence-corrected chi connectivity index (χ0v) is 16.4. The van der Waals surface area contributed by atoms with Crippen LogP contribution in [0, 0.1) is 0 Å². The highest BCUT2D eigenvalue weighted by Gasteiger charge is 2.43. The van der Waals surface area contributed by atoms with Gasteiger partial charge in [0.2, 0.25) is 5.88 Å². The van der Waals surface area contributed by atoms with Crippen molar-refractivity contribution in [3.63, 3.8) is 0 Å². The number of aromatic nitrogens is 2. The molecule has 160 valence electrons. The van der Waals surface area contributed by atoms with Crippen molar-refractivity contribution in [3.8, 4) is 5.88 Å². The van der Waals surface area contributed by atoms with Crippen LogP contribution >= 0.6 is 0 Å². The van der Waals surface area contributed by atoms with Crippen molar-refractivity contribution in [1.29, 1.82) is 0 Å². The summed E-state index contributed by atoms with van der Waals surface area (Å²) in [4.78, 5) is 4.96. The molecule has 1 aliphatic heterocycles. The van der Waals surface area contributed by atoms with Crippen LogP contribution < -0.4 is 4.74 Å². The molecule has 0 radical (unpaired) electrons. The van der Waals surface area contributed by atoms with E-state index in [1.165, 1.54) is 13.8 Å². The second-order valence-electron chi connectivity index (χ2n) is 7.14. The van der Waals surface area contributed by atoms with Gasteiger partial charge in [0.1, 0.15) is 5.60 Å². The molecular formula is C15H20F5N3O4S. The minimum Gasteiger partial charge on any atom is -0.472 e. The van der Waals surface area contributed by atoms with Crippen LogP contribution in [0.5, 0.6) is 5.88 Å². The molecule has 0 amide bonds. The Morgan fingerprint density at radius 2 is 1.89 bits per heavy atom. The minimum absolute atomic E-state index is 0.137. The van der Waals surface area contributed by atoms with Crippen LogP contribution in [0.15, 0.2) is 5.16 Å². The normalized spacial score (nSPS) is 17.2. The van der Waals surface area contributed by atoms with E-state index in [2.05, 4.69) is 10.3 Å². The zero-order valence-electron chi connectivity index (χ0n) is 15.5. The largest absolute Gasteiger partial charge is 0.472 e. The summed E-state index contributed by atoms with van der Waals surface area (Å²) in [5, 5.41) is 6.41. The van der Waals surface area contributed by atoms with Gasteiger partial charge in [0.05, 0.1) is 17.4 Å².